The van der Waals surface area contributed by atoms with Crippen LogP contribution in [-0.4, -0.2) is 5.91 Å². The van der Waals surface area contributed by atoms with Crippen LogP contribution in [0.4, 0.5) is 5.69 Å². The molecule has 0 aliphatic rings. The van der Waals surface area contributed by atoms with Gasteiger partial charge in [0.25, 0.3) is 0 Å². The average molecular weight is 304 g/mol. The molecule has 0 aromatic heterocycles. The molecule has 0 saturated heterocycles. The highest BCUT2D eigenvalue weighted by atomic mass is 79.9. The zero-order chi connectivity index (χ0) is 13.0. The molecular formula is C15H14BrNO. The quantitative estimate of drug-likeness (QED) is 0.914. The van der Waals surface area contributed by atoms with Crippen LogP contribution in [0.5, 0.6) is 0 Å². The molecule has 92 valence electrons. The summed E-state index contributed by atoms with van der Waals surface area (Å²) >= 11 is 3.37. The van der Waals surface area contributed by atoms with Crippen LogP contribution in [0.3, 0.4) is 0 Å². The van der Waals surface area contributed by atoms with Crippen LogP contribution in [0.1, 0.15) is 11.1 Å². The second-order valence-electron chi connectivity index (χ2n) is 4.22. The van der Waals surface area contributed by atoms with E-state index >= 15 is 0 Å². The molecule has 1 amide bonds. The Morgan fingerprint density at radius 2 is 1.67 bits per heavy atom. The van der Waals surface area contributed by atoms with Crippen LogP contribution in [0.25, 0.3) is 0 Å². The van der Waals surface area contributed by atoms with Crippen LogP contribution in [0.2, 0.25) is 0 Å². The highest BCUT2D eigenvalue weighted by molar-refractivity contribution is 9.10. The smallest absolute Gasteiger partial charge is 0.228 e. The second kappa shape index (κ2) is 5.83. The summed E-state index contributed by atoms with van der Waals surface area (Å²) in [5.41, 5.74) is 3.02. The van der Waals surface area contributed by atoms with Crippen molar-refractivity contribution < 1.29 is 4.79 Å². The molecule has 0 spiro atoms. The molecule has 3 heteroatoms. The van der Waals surface area contributed by atoms with Gasteiger partial charge in [0.1, 0.15) is 0 Å². The number of hydrogen-bond donors (Lipinski definition) is 1. The fraction of sp³-hybridized carbons (Fsp3) is 0.133. The molecule has 0 fully saturated rings. The molecule has 0 aliphatic carbocycles. The minimum atomic E-state index is 0.00109. The number of halogens is 1. The maximum atomic E-state index is 11.8. The predicted molar refractivity (Wildman–Crippen MR) is 77.7 cm³/mol. The Labute approximate surface area is 115 Å². The van der Waals surface area contributed by atoms with E-state index in [9.17, 15) is 4.79 Å². The summed E-state index contributed by atoms with van der Waals surface area (Å²) in [6.07, 6.45) is 0.390. The number of anilines is 1. The number of hydrogen-bond acceptors (Lipinski definition) is 1. The number of aryl methyl sites for hydroxylation is 1. The Bertz CT molecular complexity index is 482. The van der Waals surface area contributed by atoms with Crippen molar-refractivity contribution in [3.8, 4) is 0 Å². The van der Waals surface area contributed by atoms with Crippen molar-refractivity contribution in [3.05, 3.63) is 64.1 Å². The number of nitrogens with one attached hydrogen (secondary N) is 1. The van der Waals surface area contributed by atoms with Crippen molar-refractivity contribution in [2.24, 2.45) is 0 Å². The summed E-state index contributed by atoms with van der Waals surface area (Å²) in [7, 11) is 0. The van der Waals surface area contributed by atoms with Gasteiger partial charge in [0.15, 0.2) is 0 Å². The fourth-order valence-corrected chi connectivity index (χ4v) is 1.89. The van der Waals surface area contributed by atoms with Gasteiger partial charge in [-0.3, -0.25) is 4.79 Å². The molecule has 0 saturated carbocycles. The minimum absolute atomic E-state index is 0.00109. The standard InChI is InChI=1S/C15H14BrNO/c1-11-2-8-14(9-3-11)17-15(18)10-12-4-6-13(16)7-5-12/h2-9H,10H2,1H3,(H,17,18). The molecule has 0 unspecified atom stereocenters. The van der Waals surface area contributed by atoms with E-state index in [0.717, 1.165) is 15.7 Å². The Morgan fingerprint density at radius 3 is 2.28 bits per heavy atom. The lowest BCUT2D eigenvalue weighted by atomic mass is 10.1. The third-order valence-corrected chi connectivity index (χ3v) is 3.14. The summed E-state index contributed by atoms with van der Waals surface area (Å²) in [6.45, 7) is 2.02. The van der Waals surface area contributed by atoms with Crippen molar-refractivity contribution in [2.45, 2.75) is 13.3 Å². The van der Waals surface area contributed by atoms with Crippen molar-refractivity contribution in [2.75, 3.05) is 5.32 Å². The van der Waals surface area contributed by atoms with Crippen LogP contribution in [0.15, 0.2) is 53.0 Å². The lowest BCUT2D eigenvalue weighted by molar-refractivity contribution is -0.115. The van der Waals surface area contributed by atoms with Gasteiger partial charge in [0.05, 0.1) is 6.42 Å². The zero-order valence-corrected chi connectivity index (χ0v) is 11.7. The van der Waals surface area contributed by atoms with Crippen molar-refractivity contribution in [1.82, 2.24) is 0 Å². The third-order valence-electron chi connectivity index (χ3n) is 2.61. The first kappa shape index (κ1) is 12.8. The van der Waals surface area contributed by atoms with Crippen molar-refractivity contribution in [1.29, 1.82) is 0 Å². The molecule has 0 atom stereocenters. The monoisotopic (exact) mass is 303 g/mol. The molecule has 0 aliphatic heterocycles. The molecule has 0 radical (unpaired) electrons. The van der Waals surface area contributed by atoms with Crippen LogP contribution >= 0.6 is 15.9 Å². The summed E-state index contributed by atoms with van der Waals surface area (Å²) in [5.74, 6) is 0.00109. The van der Waals surface area contributed by atoms with E-state index in [4.69, 9.17) is 0 Å². The molecule has 2 nitrogen and oxygen atoms in total. The van der Waals surface area contributed by atoms with E-state index < -0.39 is 0 Å². The summed E-state index contributed by atoms with van der Waals surface area (Å²) in [4.78, 5) is 11.8. The van der Waals surface area contributed by atoms with Gasteiger partial charge in [-0.2, -0.15) is 0 Å². The van der Waals surface area contributed by atoms with Crippen molar-refractivity contribution >= 4 is 27.5 Å². The van der Waals surface area contributed by atoms with Gasteiger partial charge < -0.3 is 5.32 Å². The Kier molecular flexibility index (Phi) is 4.15. The first-order valence-corrected chi connectivity index (χ1v) is 6.54. The topological polar surface area (TPSA) is 29.1 Å². The Morgan fingerprint density at radius 1 is 1.06 bits per heavy atom. The number of carbonyl (C=O) groups is 1. The van der Waals surface area contributed by atoms with E-state index in [1.165, 1.54) is 5.56 Å². The minimum Gasteiger partial charge on any atom is -0.326 e. The van der Waals surface area contributed by atoms with Gasteiger partial charge in [-0.25, -0.2) is 0 Å². The molecule has 0 heterocycles. The Balaban J connectivity index is 1.96. The number of amides is 1. The molecule has 18 heavy (non-hydrogen) atoms. The number of benzene rings is 2. The summed E-state index contributed by atoms with van der Waals surface area (Å²) in [6, 6.07) is 15.6. The predicted octanol–water partition coefficient (Wildman–Crippen LogP) is 3.94. The van der Waals surface area contributed by atoms with E-state index in [0.29, 0.717) is 6.42 Å². The third kappa shape index (κ3) is 3.70. The van der Waals surface area contributed by atoms with E-state index in [-0.39, 0.29) is 5.91 Å². The van der Waals surface area contributed by atoms with Gasteiger partial charge in [-0.15, -0.1) is 0 Å². The maximum Gasteiger partial charge on any atom is 0.228 e. The Hall–Kier alpha value is -1.61. The molecule has 2 aromatic carbocycles. The number of carbonyl (C=O) groups excluding carboxylic acids is 1. The lowest BCUT2D eigenvalue weighted by Gasteiger charge is -2.05. The van der Waals surface area contributed by atoms with Gasteiger partial charge in [0, 0.05) is 10.2 Å². The molecule has 1 N–H and O–H groups in total. The second-order valence-corrected chi connectivity index (χ2v) is 5.13. The van der Waals surface area contributed by atoms with Crippen LogP contribution in [0, 0.1) is 6.92 Å². The summed E-state index contributed by atoms with van der Waals surface area (Å²) < 4.78 is 1.02. The highest BCUT2D eigenvalue weighted by Gasteiger charge is 2.03. The van der Waals surface area contributed by atoms with Crippen LogP contribution in [-0.2, 0) is 11.2 Å². The zero-order valence-electron chi connectivity index (χ0n) is 10.1. The average Bonchev–Trinajstić information content (AvgIpc) is 2.35. The van der Waals surface area contributed by atoms with Gasteiger partial charge in [-0.1, -0.05) is 45.8 Å². The first-order chi connectivity index (χ1) is 8.63. The van der Waals surface area contributed by atoms with Gasteiger partial charge in [-0.05, 0) is 36.8 Å². The molecular weight excluding hydrogens is 290 g/mol. The fourth-order valence-electron chi connectivity index (χ4n) is 1.63. The molecule has 2 rings (SSSR count). The SMILES string of the molecule is Cc1ccc(NC(=O)Cc2ccc(Br)cc2)cc1. The van der Waals surface area contributed by atoms with E-state index in [2.05, 4.69) is 21.2 Å². The van der Waals surface area contributed by atoms with Gasteiger partial charge in [0.2, 0.25) is 5.91 Å². The van der Waals surface area contributed by atoms with Crippen LogP contribution < -0.4 is 5.32 Å². The highest BCUT2D eigenvalue weighted by Crippen LogP contribution is 2.12. The number of rotatable bonds is 3. The van der Waals surface area contributed by atoms with E-state index in [1.807, 2.05) is 55.5 Å². The molecule has 0 bridgehead atoms. The van der Waals surface area contributed by atoms with E-state index in [1.54, 1.807) is 0 Å². The molecule has 2 aromatic rings. The summed E-state index contributed by atoms with van der Waals surface area (Å²) in [5, 5.41) is 2.88. The van der Waals surface area contributed by atoms with Crippen molar-refractivity contribution in [3.63, 3.8) is 0 Å². The lowest BCUT2D eigenvalue weighted by Crippen LogP contribution is -2.14. The maximum absolute atomic E-state index is 11.8. The normalized spacial score (nSPS) is 10.1. The van der Waals surface area contributed by atoms with Gasteiger partial charge >= 0.3 is 0 Å². The first-order valence-electron chi connectivity index (χ1n) is 5.74. The largest absolute Gasteiger partial charge is 0.326 e.